The van der Waals surface area contributed by atoms with Crippen LogP contribution in [0, 0.1) is 0 Å². The maximum absolute atomic E-state index is 5.31. The van der Waals surface area contributed by atoms with Gasteiger partial charge in [0.1, 0.15) is 0 Å². The summed E-state index contributed by atoms with van der Waals surface area (Å²) in [7, 11) is 0. The number of nitrogens with two attached hydrogens (primary N) is 1. The molecule has 2 unspecified atom stereocenters. The summed E-state index contributed by atoms with van der Waals surface area (Å²) in [6, 6.07) is 0. The van der Waals surface area contributed by atoms with Crippen LogP contribution in [0.5, 0.6) is 0 Å². The minimum atomic E-state index is -0.144. The van der Waals surface area contributed by atoms with Crippen LogP contribution in [0.3, 0.4) is 0 Å². The molecule has 1 heterocycles. The third kappa shape index (κ3) is 1.64. The van der Waals surface area contributed by atoms with Gasteiger partial charge >= 0.3 is 0 Å². The summed E-state index contributed by atoms with van der Waals surface area (Å²) < 4.78 is 10.5. The molecule has 0 aromatic rings. The molecule has 54 valence electrons. The predicted molar refractivity (Wildman–Crippen MR) is 34.0 cm³/mol. The number of rotatable bonds is 2. The Morgan fingerprint density at radius 3 is 2.78 bits per heavy atom. The molecule has 0 spiro atoms. The van der Waals surface area contributed by atoms with Crippen molar-refractivity contribution in [1.82, 2.24) is 0 Å². The molecule has 1 fully saturated rings. The first-order valence-electron chi connectivity index (χ1n) is 3.34. The first-order valence-corrected chi connectivity index (χ1v) is 3.34. The van der Waals surface area contributed by atoms with E-state index in [9.17, 15) is 0 Å². The molecule has 1 aliphatic rings. The molecule has 1 rings (SSSR count). The molecule has 0 saturated carbocycles. The van der Waals surface area contributed by atoms with Crippen LogP contribution >= 0.6 is 0 Å². The van der Waals surface area contributed by atoms with Crippen LogP contribution < -0.4 is 5.73 Å². The minimum absolute atomic E-state index is 0.144. The van der Waals surface area contributed by atoms with Gasteiger partial charge in [-0.3, -0.25) is 0 Å². The summed E-state index contributed by atoms with van der Waals surface area (Å²) in [5.41, 5.74) is 5.30. The zero-order chi connectivity index (χ0) is 6.69. The van der Waals surface area contributed by atoms with Crippen LogP contribution in [0.15, 0.2) is 0 Å². The average Bonchev–Trinajstić information content (AvgIpc) is 2.34. The van der Waals surface area contributed by atoms with E-state index in [2.05, 4.69) is 6.92 Å². The van der Waals surface area contributed by atoms with Gasteiger partial charge in [-0.15, -0.1) is 0 Å². The smallest absolute Gasteiger partial charge is 0.170 e. The molecule has 1 saturated heterocycles. The van der Waals surface area contributed by atoms with Crippen molar-refractivity contribution >= 4 is 0 Å². The van der Waals surface area contributed by atoms with Gasteiger partial charge in [0.25, 0.3) is 0 Å². The highest BCUT2D eigenvalue weighted by molar-refractivity contribution is 4.62. The Morgan fingerprint density at radius 2 is 2.44 bits per heavy atom. The lowest BCUT2D eigenvalue weighted by Crippen LogP contribution is -2.21. The fourth-order valence-electron chi connectivity index (χ4n) is 0.846. The molecule has 3 heteroatoms. The van der Waals surface area contributed by atoms with E-state index in [1.165, 1.54) is 0 Å². The van der Waals surface area contributed by atoms with E-state index < -0.39 is 0 Å². The van der Waals surface area contributed by atoms with E-state index >= 15 is 0 Å². The summed E-state index contributed by atoms with van der Waals surface area (Å²) >= 11 is 0. The van der Waals surface area contributed by atoms with Crippen LogP contribution in [0.25, 0.3) is 0 Å². The number of ether oxygens (including phenoxy) is 2. The average molecular weight is 131 g/mol. The maximum atomic E-state index is 5.31. The Balaban J connectivity index is 2.20. The van der Waals surface area contributed by atoms with Crippen molar-refractivity contribution in [1.29, 1.82) is 0 Å². The monoisotopic (exact) mass is 131 g/mol. The number of hydrogen-bond acceptors (Lipinski definition) is 3. The van der Waals surface area contributed by atoms with Crippen molar-refractivity contribution < 1.29 is 9.47 Å². The molecule has 0 aromatic heterocycles. The van der Waals surface area contributed by atoms with E-state index in [0.29, 0.717) is 13.2 Å². The molecule has 9 heavy (non-hydrogen) atoms. The van der Waals surface area contributed by atoms with Crippen molar-refractivity contribution in [2.75, 3.05) is 13.2 Å². The second-order valence-corrected chi connectivity index (χ2v) is 2.16. The first-order chi connectivity index (χ1) is 4.36. The van der Waals surface area contributed by atoms with E-state index in [4.69, 9.17) is 15.2 Å². The molecule has 1 aliphatic heterocycles. The lowest BCUT2D eigenvalue weighted by molar-refractivity contribution is -0.0494. The van der Waals surface area contributed by atoms with Gasteiger partial charge in [-0.25, -0.2) is 0 Å². The molecule has 2 atom stereocenters. The second-order valence-electron chi connectivity index (χ2n) is 2.16. The molecular formula is C6H13NO2. The molecule has 0 radical (unpaired) electrons. The Labute approximate surface area is 55.1 Å². The van der Waals surface area contributed by atoms with Crippen LogP contribution in [-0.2, 0) is 9.47 Å². The SMILES string of the molecule is CCC1COC(CN)O1. The number of hydrogen-bond donors (Lipinski definition) is 1. The predicted octanol–water partition coefficient (Wildman–Crippen LogP) is 0.0966. The quantitative estimate of drug-likeness (QED) is 0.578. The Hall–Kier alpha value is -0.120. The van der Waals surface area contributed by atoms with Gasteiger partial charge in [0.2, 0.25) is 0 Å². The lowest BCUT2D eigenvalue weighted by atomic mass is 10.3. The van der Waals surface area contributed by atoms with Crippen molar-refractivity contribution in [2.45, 2.75) is 25.7 Å². The van der Waals surface area contributed by atoms with Gasteiger partial charge in [-0.1, -0.05) is 6.92 Å². The Bertz CT molecular complexity index is 77.1. The normalized spacial score (nSPS) is 35.3. The second kappa shape index (κ2) is 3.15. The third-order valence-electron chi connectivity index (χ3n) is 1.46. The molecular weight excluding hydrogens is 118 g/mol. The molecule has 0 amide bonds. The molecule has 2 N–H and O–H groups in total. The van der Waals surface area contributed by atoms with Crippen molar-refractivity contribution in [2.24, 2.45) is 5.73 Å². The highest BCUT2D eigenvalue weighted by Crippen LogP contribution is 2.12. The highest BCUT2D eigenvalue weighted by Gasteiger charge is 2.22. The highest BCUT2D eigenvalue weighted by atomic mass is 16.7. The summed E-state index contributed by atoms with van der Waals surface area (Å²) in [4.78, 5) is 0. The molecule has 0 bridgehead atoms. The van der Waals surface area contributed by atoms with E-state index in [0.717, 1.165) is 6.42 Å². The molecule has 0 aromatic carbocycles. The fraction of sp³-hybridized carbons (Fsp3) is 1.00. The zero-order valence-corrected chi connectivity index (χ0v) is 5.67. The first kappa shape index (κ1) is 6.99. The summed E-state index contributed by atoms with van der Waals surface area (Å²) in [5.74, 6) is 0. The van der Waals surface area contributed by atoms with Crippen LogP contribution in [0.2, 0.25) is 0 Å². The molecule has 3 nitrogen and oxygen atoms in total. The topological polar surface area (TPSA) is 44.5 Å². The van der Waals surface area contributed by atoms with Gasteiger partial charge in [0.05, 0.1) is 12.7 Å². The van der Waals surface area contributed by atoms with Gasteiger partial charge in [-0.2, -0.15) is 0 Å². The van der Waals surface area contributed by atoms with E-state index in [-0.39, 0.29) is 12.4 Å². The largest absolute Gasteiger partial charge is 0.349 e. The van der Waals surface area contributed by atoms with Gasteiger partial charge in [0, 0.05) is 6.54 Å². The third-order valence-corrected chi connectivity index (χ3v) is 1.46. The Kier molecular flexibility index (Phi) is 2.45. The standard InChI is InChI=1S/C6H13NO2/c1-2-5-4-8-6(3-7)9-5/h5-6H,2-4,7H2,1H3. The van der Waals surface area contributed by atoms with Gasteiger partial charge < -0.3 is 15.2 Å². The summed E-state index contributed by atoms with van der Waals surface area (Å²) in [5, 5.41) is 0. The maximum Gasteiger partial charge on any atom is 0.170 e. The van der Waals surface area contributed by atoms with Crippen LogP contribution in [0.1, 0.15) is 13.3 Å². The van der Waals surface area contributed by atoms with Crippen molar-refractivity contribution in [3.05, 3.63) is 0 Å². The summed E-state index contributed by atoms with van der Waals surface area (Å²) in [6.07, 6.45) is 1.14. The zero-order valence-electron chi connectivity index (χ0n) is 5.67. The minimum Gasteiger partial charge on any atom is -0.349 e. The summed E-state index contributed by atoms with van der Waals surface area (Å²) in [6.45, 7) is 3.25. The van der Waals surface area contributed by atoms with E-state index in [1.807, 2.05) is 0 Å². The van der Waals surface area contributed by atoms with Crippen LogP contribution in [0.4, 0.5) is 0 Å². The fourth-order valence-corrected chi connectivity index (χ4v) is 0.846. The Morgan fingerprint density at radius 1 is 1.67 bits per heavy atom. The van der Waals surface area contributed by atoms with Crippen LogP contribution in [-0.4, -0.2) is 25.5 Å². The lowest BCUT2D eigenvalue weighted by Gasteiger charge is -2.05. The van der Waals surface area contributed by atoms with Gasteiger partial charge in [0.15, 0.2) is 6.29 Å². The van der Waals surface area contributed by atoms with Crippen molar-refractivity contribution in [3.8, 4) is 0 Å². The molecule has 0 aliphatic carbocycles. The van der Waals surface area contributed by atoms with E-state index in [1.54, 1.807) is 0 Å². The van der Waals surface area contributed by atoms with Gasteiger partial charge in [-0.05, 0) is 6.42 Å². The van der Waals surface area contributed by atoms with Crippen molar-refractivity contribution in [3.63, 3.8) is 0 Å².